The molecule has 30 heavy (non-hydrogen) atoms. The lowest BCUT2D eigenvalue weighted by atomic mass is 10.2. The van der Waals surface area contributed by atoms with Gasteiger partial charge in [0.15, 0.2) is 5.17 Å². The Labute approximate surface area is 186 Å². The molecule has 0 radical (unpaired) electrons. The van der Waals surface area contributed by atoms with E-state index in [0.717, 1.165) is 11.4 Å². The summed E-state index contributed by atoms with van der Waals surface area (Å²) in [4.78, 5) is 6.45. The van der Waals surface area contributed by atoms with Gasteiger partial charge in [0.1, 0.15) is 4.58 Å². The van der Waals surface area contributed by atoms with Gasteiger partial charge in [-0.1, -0.05) is 66.4 Å². The number of para-hydroxylation sites is 3. The van der Waals surface area contributed by atoms with Gasteiger partial charge >= 0.3 is 0 Å². The number of benzene rings is 3. The molecule has 3 aromatic carbocycles. The molecule has 5 nitrogen and oxygen atoms in total. The number of sulfonamides is 1. The lowest BCUT2D eigenvalue weighted by molar-refractivity contribution is 0.597. The third-order valence-electron chi connectivity index (χ3n) is 4.52. The minimum atomic E-state index is -3.58. The van der Waals surface area contributed by atoms with Crippen molar-refractivity contribution in [2.24, 2.45) is 4.99 Å². The van der Waals surface area contributed by atoms with Gasteiger partial charge < -0.3 is 0 Å². The summed E-state index contributed by atoms with van der Waals surface area (Å²) >= 11 is 6.88. The van der Waals surface area contributed by atoms with Crippen molar-refractivity contribution in [1.29, 1.82) is 0 Å². The van der Waals surface area contributed by atoms with Crippen molar-refractivity contribution in [2.45, 2.75) is 11.5 Å². The molecular formula is C22H19N3O2S3. The van der Waals surface area contributed by atoms with Crippen molar-refractivity contribution in [3.05, 3.63) is 91.0 Å². The van der Waals surface area contributed by atoms with Crippen LogP contribution in [0.1, 0.15) is 6.92 Å². The molecular weight excluding hydrogens is 434 g/mol. The molecule has 0 N–H and O–H groups in total. The van der Waals surface area contributed by atoms with Gasteiger partial charge in [0.05, 0.1) is 5.69 Å². The first-order chi connectivity index (χ1) is 14.5. The van der Waals surface area contributed by atoms with Crippen molar-refractivity contribution >= 4 is 61.3 Å². The first-order valence-corrected chi connectivity index (χ1v) is 12.1. The first-order valence-electron chi connectivity index (χ1n) is 9.27. The molecule has 0 amide bonds. The molecule has 1 fully saturated rings. The van der Waals surface area contributed by atoms with E-state index in [-0.39, 0.29) is 5.11 Å². The third kappa shape index (κ3) is 3.98. The van der Waals surface area contributed by atoms with Gasteiger partial charge in [-0.25, -0.2) is 12.7 Å². The Morgan fingerprint density at radius 1 is 0.900 bits per heavy atom. The van der Waals surface area contributed by atoms with E-state index in [9.17, 15) is 8.42 Å². The summed E-state index contributed by atoms with van der Waals surface area (Å²) < 4.78 is 26.6. The van der Waals surface area contributed by atoms with Crippen LogP contribution >= 0.6 is 24.0 Å². The van der Waals surface area contributed by atoms with Crippen molar-refractivity contribution in [2.75, 3.05) is 9.21 Å². The summed E-state index contributed by atoms with van der Waals surface area (Å²) in [6.45, 7) is 1.66. The minimum absolute atomic E-state index is 0.264. The average Bonchev–Trinajstić information content (AvgIpc) is 2.98. The molecule has 1 saturated heterocycles. The normalized spacial score (nSPS) is 19.0. The Morgan fingerprint density at radius 3 is 1.87 bits per heavy atom. The molecule has 0 bridgehead atoms. The molecule has 1 atom stereocenters. The quantitative estimate of drug-likeness (QED) is 0.498. The minimum Gasteiger partial charge on any atom is -0.286 e. The molecule has 1 unspecified atom stereocenters. The number of thiocarbonyl (C=S) groups is 1. The highest BCUT2D eigenvalue weighted by Gasteiger charge is 2.42. The van der Waals surface area contributed by atoms with Crippen LogP contribution in [0.15, 0.2) is 96.0 Å². The average molecular weight is 454 g/mol. The summed E-state index contributed by atoms with van der Waals surface area (Å²) in [5, 5.41) is 0.607. The summed E-state index contributed by atoms with van der Waals surface area (Å²) in [5.41, 5.74) is 2.24. The van der Waals surface area contributed by atoms with Crippen molar-refractivity contribution in [1.82, 2.24) is 0 Å². The van der Waals surface area contributed by atoms with Crippen molar-refractivity contribution in [3.63, 3.8) is 0 Å². The predicted octanol–water partition coefficient (Wildman–Crippen LogP) is 5.39. The Kier molecular flexibility index (Phi) is 5.90. The summed E-state index contributed by atoms with van der Waals surface area (Å²) in [6.07, 6.45) is 0. The second-order valence-corrected chi connectivity index (χ2v) is 10.6. The number of hydrogen-bond donors (Lipinski definition) is 0. The van der Waals surface area contributed by atoms with E-state index in [2.05, 4.69) is 4.99 Å². The van der Waals surface area contributed by atoms with E-state index in [4.69, 9.17) is 12.2 Å². The number of thioether (sulfide) groups is 1. The van der Waals surface area contributed by atoms with E-state index in [1.54, 1.807) is 31.2 Å². The van der Waals surface area contributed by atoms with Crippen LogP contribution < -0.4 is 9.21 Å². The van der Waals surface area contributed by atoms with Gasteiger partial charge in [-0.15, -0.1) is 0 Å². The van der Waals surface area contributed by atoms with Crippen molar-refractivity contribution in [3.8, 4) is 0 Å². The number of rotatable bonds is 3. The number of aliphatic imine (C=N–C) groups is 1. The Balaban J connectivity index is 1.79. The van der Waals surface area contributed by atoms with Crippen LogP contribution in [0, 0.1) is 0 Å². The molecule has 152 valence electrons. The molecule has 0 saturated carbocycles. The Hall–Kier alpha value is -2.68. The first kappa shape index (κ1) is 20.6. The van der Waals surface area contributed by atoms with Crippen LogP contribution in [0.2, 0.25) is 0 Å². The lowest BCUT2D eigenvalue weighted by Gasteiger charge is -2.24. The number of anilines is 3. The molecule has 0 aromatic heterocycles. The second kappa shape index (κ2) is 8.59. The van der Waals surface area contributed by atoms with E-state index in [0.29, 0.717) is 10.9 Å². The molecule has 1 aliphatic rings. The topological polar surface area (TPSA) is 53.0 Å². The predicted molar refractivity (Wildman–Crippen MR) is 130 cm³/mol. The van der Waals surface area contributed by atoms with Crippen molar-refractivity contribution < 1.29 is 8.42 Å². The van der Waals surface area contributed by atoms with Gasteiger partial charge in [-0.3, -0.25) is 4.90 Å². The van der Waals surface area contributed by atoms with Crippen LogP contribution in [0.4, 0.5) is 17.1 Å². The zero-order valence-corrected chi connectivity index (χ0v) is 18.6. The molecule has 8 heteroatoms. The maximum Gasteiger partial charge on any atom is 0.253 e. The standard InChI is InChI=1S/C22H19N3O2S3/c1-17-29-22(25(30(17,26)27)20-15-9-4-10-16-20)23-21(28)24(18-11-5-2-6-12-18)19-13-7-3-8-14-19/h2-17H,1H3/b23-22-. The zero-order valence-electron chi connectivity index (χ0n) is 16.1. The number of amidine groups is 1. The van der Waals surface area contributed by atoms with E-state index in [1.807, 2.05) is 71.6 Å². The highest BCUT2D eigenvalue weighted by Crippen LogP contribution is 2.37. The van der Waals surface area contributed by atoms with Crippen LogP contribution in [0.5, 0.6) is 0 Å². The summed E-state index contributed by atoms with van der Waals surface area (Å²) in [6, 6.07) is 28.3. The molecule has 0 spiro atoms. The lowest BCUT2D eigenvalue weighted by Crippen LogP contribution is -2.32. The highest BCUT2D eigenvalue weighted by atomic mass is 32.3. The number of hydrogen-bond acceptors (Lipinski definition) is 4. The monoisotopic (exact) mass is 453 g/mol. The molecule has 3 aromatic rings. The van der Waals surface area contributed by atoms with Crippen LogP contribution in [-0.4, -0.2) is 23.3 Å². The highest BCUT2D eigenvalue weighted by molar-refractivity contribution is 8.28. The SMILES string of the molecule is CC1S/C(=N\C(=S)N(c2ccccc2)c2ccccc2)N(c2ccccc2)S1(=O)=O. The van der Waals surface area contributed by atoms with E-state index < -0.39 is 14.6 Å². The molecule has 4 rings (SSSR count). The van der Waals surface area contributed by atoms with E-state index >= 15 is 0 Å². The Morgan fingerprint density at radius 2 is 1.37 bits per heavy atom. The van der Waals surface area contributed by atoms with Gasteiger partial charge in [-0.05, 0) is 55.5 Å². The van der Waals surface area contributed by atoms with Gasteiger partial charge in [-0.2, -0.15) is 4.99 Å². The molecule has 1 heterocycles. The van der Waals surface area contributed by atoms with Gasteiger partial charge in [0.2, 0.25) is 5.11 Å². The number of nitrogens with zero attached hydrogens (tertiary/aromatic N) is 3. The fraction of sp³-hybridized carbons (Fsp3) is 0.0909. The second-order valence-electron chi connectivity index (χ2n) is 6.51. The molecule has 1 aliphatic heterocycles. The Bertz CT molecular complexity index is 1130. The van der Waals surface area contributed by atoms with Gasteiger partial charge in [0.25, 0.3) is 10.0 Å². The third-order valence-corrected chi connectivity index (χ3v) is 8.48. The summed E-state index contributed by atoms with van der Waals surface area (Å²) in [7, 11) is -3.58. The van der Waals surface area contributed by atoms with Crippen LogP contribution in [-0.2, 0) is 10.0 Å². The molecule has 0 aliphatic carbocycles. The largest absolute Gasteiger partial charge is 0.286 e. The zero-order chi connectivity index (χ0) is 21.1. The fourth-order valence-electron chi connectivity index (χ4n) is 3.06. The summed E-state index contributed by atoms with van der Waals surface area (Å²) in [5.74, 6) is 0. The maximum absolute atomic E-state index is 13.0. The van der Waals surface area contributed by atoms with Crippen LogP contribution in [0.3, 0.4) is 0 Å². The van der Waals surface area contributed by atoms with E-state index in [1.165, 1.54) is 16.1 Å². The smallest absolute Gasteiger partial charge is 0.253 e. The van der Waals surface area contributed by atoms with Gasteiger partial charge in [0, 0.05) is 11.4 Å². The maximum atomic E-state index is 13.0. The van der Waals surface area contributed by atoms with Crippen LogP contribution in [0.25, 0.3) is 0 Å². The fourth-order valence-corrected chi connectivity index (χ4v) is 6.47.